The smallest absolute Gasteiger partial charge is 0.269 e. The number of hydrogen-bond donors (Lipinski definition) is 2. The summed E-state index contributed by atoms with van der Waals surface area (Å²) in [6.07, 6.45) is 0. The molecule has 0 saturated carbocycles. The van der Waals surface area contributed by atoms with Crippen LogP contribution >= 0.6 is 0 Å². The minimum Gasteiger partial charge on any atom is -0.348 e. The molecular weight excluding hydrogens is 270 g/mol. The van der Waals surface area contributed by atoms with Gasteiger partial charge < -0.3 is 11.1 Å². The number of benzene rings is 2. The molecule has 0 aliphatic heterocycles. The van der Waals surface area contributed by atoms with Gasteiger partial charge in [-0.15, -0.1) is 0 Å². The Morgan fingerprint density at radius 3 is 2.14 bits per heavy atom. The Morgan fingerprint density at radius 2 is 1.62 bits per heavy atom. The zero-order chi connectivity index (χ0) is 15.2. The topological polar surface area (TPSA) is 98.3 Å². The minimum atomic E-state index is -0.499. The summed E-state index contributed by atoms with van der Waals surface area (Å²) in [7, 11) is 0. The minimum absolute atomic E-state index is 0.0380. The summed E-state index contributed by atoms with van der Waals surface area (Å²) in [5.41, 5.74) is 7.85. The fraction of sp³-hybridized carbons (Fsp3) is 0.133. The average molecular weight is 285 g/mol. The van der Waals surface area contributed by atoms with Crippen molar-refractivity contribution in [3.05, 3.63) is 75.3 Å². The molecule has 0 aliphatic carbocycles. The van der Waals surface area contributed by atoms with E-state index < -0.39 is 4.92 Å². The van der Waals surface area contributed by atoms with Crippen molar-refractivity contribution in [3.63, 3.8) is 0 Å². The Morgan fingerprint density at radius 1 is 1.05 bits per heavy atom. The number of nitrogens with zero attached hydrogens (tertiary/aromatic N) is 1. The highest BCUT2D eigenvalue weighted by Crippen LogP contribution is 2.12. The lowest BCUT2D eigenvalue weighted by atomic mass is 10.1. The molecule has 0 heterocycles. The van der Waals surface area contributed by atoms with E-state index in [4.69, 9.17) is 5.73 Å². The summed E-state index contributed by atoms with van der Waals surface area (Å²) < 4.78 is 0. The third-order valence-corrected chi connectivity index (χ3v) is 3.05. The van der Waals surface area contributed by atoms with E-state index in [-0.39, 0.29) is 11.6 Å². The van der Waals surface area contributed by atoms with Crippen molar-refractivity contribution in [2.45, 2.75) is 13.1 Å². The Labute approximate surface area is 121 Å². The summed E-state index contributed by atoms with van der Waals surface area (Å²) in [5.74, 6) is -0.271. The summed E-state index contributed by atoms with van der Waals surface area (Å²) in [5, 5.41) is 13.3. The Balaban J connectivity index is 1.95. The van der Waals surface area contributed by atoms with Crippen molar-refractivity contribution in [3.8, 4) is 0 Å². The molecule has 108 valence electrons. The van der Waals surface area contributed by atoms with Crippen LogP contribution in [0.5, 0.6) is 0 Å². The summed E-state index contributed by atoms with van der Waals surface area (Å²) in [6, 6.07) is 13.1. The van der Waals surface area contributed by atoms with Crippen LogP contribution < -0.4 is 11.1 Å². The van der Waals surface area contributed by atoms with E-state index >= 15 is 0 Å². The highest BCUT2D eigenvalue weighted by atomic mass is 16.6. The van der Waals surface area contributed by atoms with Crippen LogP contribution in [0.4, 0.5) is 5.69 Å². The number of carbonyl (C=O) groups is 1. The zero-order valence-electron chi connectivity index (χ0n) is 11.3. The SMILES string of the molecule is NCc1ccc(CNC(=O)c2ccc([N+](=O)[O-])cc2)cc1. The molecular formula is C15H15N3O3. The Kier molecular flexibility index (Phi) is 4.63. The van der Waals surface area contributed by atoms with Crippen molar-refractivity contribution in [2.75, 3.05) is 0 Å². The van der Waals surface area contributed by atoms with Gasteiger partial charge in [0.15, 0.2) is 0 Å². The van der Waals surface area contributed by atoms with E-state index in [1.165, 1.54) is 24.3 Å². The van der Waals surface area contributed by atoms with Crippen LogP contribution in [0.25, 0.3) is 0 Å². The molecule has 0 fully saturated rings. The maximum Gasteiger partial charge on any atom is 0.269 e. The maximum atomic E-state index is 11.9. The quantitative estimate of drug-likeness (QED) is 0.648. The first-order valence-electron chi connectivity index (χ1n) is 6.40. The second kappa shape index (κ2) is 6.62. The van der Waals surface area contributed by atoms with Crippen LogP contribution in [0.2, 0.25) is 0 Å². The lowest BCUT2D eigenvalue weighted by Gasteiger charge is -2.06. The van der Waals surface area contributed by atoms with Crippen LogP contribution in [-0.2, 0) is 13.1 Å². The molecule has 0 radical (unpaired) electrons. The second-order valence-electron chi connectivity index (χ2n) is 4.51. The van der Waals surface area contributed by atoms with E-state index in [1.807, 2.05) is 24.3 Å². The molecule has 0 atom stereocenters. The monoisotopic (exact) mass is 285 g/mol. The molecule has 0 spiro atoms. The van der Waals surface area contributed by atoms with Crippen molar-refractivity contribution in [2.24, 2.45) is 5.73 Å². The molecule has 6 nitrogen and oxygen atoms in total. The first kappa shape index (κ1) is 14.7. The number of nitro groups is 1. The molecule has 0 saturated heterocycles. The molecule has 0 aromatic heterocycles. The van der Waals surface area contributed by atoms with Crippen LogP contribution in [-0.4, -0.2) is 10.8 Å². The van der Waals surface area contributed by atoms with Crippen molar-refractivity contribution in [1.29, 1.82) is 0 Å². The van der Waals surface area contributed by atoms with Crippen LogP contribution in [0, 0.1) is 10.1 Å². The van der Waals surface area contributed by atoms with E-state index in [1.54, 1.807) is 0 Å². The van der Waals surface area contributed by atoms with Gasteiger partial charge in [-0.05, 0) is 23.3 Å². The number of non-ortho nitro benzene ring substituents is 1. The van der Waals surface area contributed by atoms with Gasteiger partial charge in [0.1, 0.15) is 0 Å². The number of rotatable bonds is 5. The number of amides is 1. The molecule has 0 bridgehead atoms. The van der Waals surface area contributed by atoms with Gasteiger partial charge in [0.2, 0.25) is 0 Å². The van der Waals surface area contributed by atoms with Crippen LogP contribution in [0.15, 0.2) is 48.5 Å². The van der Waals surface area contributed by atoms with Gasteiger partial charge in [-0.1, -0.05) is 24.3 Å². The highest BCUT2D eigenvalue weighted by molar-refractivity contribution is 5.94. The predicted octanol–water partition coefficient (Wildman–Crippen LogP) is 1.98. The molecule has 1 amide bonds. The summed E-state index contributed by atoms with van der Waals surface area (Å²) >= 11 is 0. The summed E-state index contributed by atoms with van der Waals surface area (Å²) in [6.45, 7) is 0.871. The van der Waals surface area contributed by atoms with Gasteiger partial charge >= 0.3 is 0 Å². The van der Waals surface area contributed by atoms with Crippen LogP contribution in [0.3, 0.4) is 0 Å². The first-order chi connectivity index (χ1) is 10.1. The Bertz CT molecular complexity index is 636. The zero-order valence-corrected chi connectivity index (χ0v) is 11.3. The third kappa shape index (κ3) is 3.87. The van der Waals surface area contributed by atoms with Gasteiger partial charge in [-0.2, -0.15) is 0 Å². The fourth-order valence-corrected chi connectivity index (χ4v) is 1.81. The number of nitrogens with two attached hydrogens (primary N) is 1. The Hall–Kier alpha value is -2.73. The van der Waals surface area contributed by atoms with E-state index in [0.717, 1.165) is 11.1 Å². The molecule has 2 aromatic carbocycles. The van der Waals surface area contributed by atoms with E-state index in [0.29, 0.717) is 18.7 Å². The molecule has 6 heteroatoms. The van der Waals surface area contributed by atoms with Gasteiger partial charge in [0.25, 0.3) is 11.6 Å². The summed E-state index contributed by atoms with van der Waals surface area (Å²) in [4.78, 5) is 22.0. The van der Waals surface area contributed by atoms with Crippen molar-refractivity contribution >= 4 is 11.6 Å². The van der Waals surface area contributed by atoms with Gasteiger partial charge in [-0.25, -0.2) is 0 Å². The van der Waals surface area contributed by atoms with E-state index in [9.17, 15) is 14.9 Å². The van der Waals surface area contributed by atoms with Crippen molar-refractivity contribution < 1.29 is 9.72 Å². The first-order valence-corrected chi connectivity index (χ1v) is 6.40. The fourth-order valence-electron chi connectivity index (χ4n) is 1.81. The van der Waals surface area contributed by atoms with Gasteiger partial charge in [0.05, 0.1) is 4.92 Å². The third-order valence-electron chi connectivity index (χ3n) is 3.05. The lowest BCUT2D eigenvalue weighted by Crippen LogP contribution is -2.22. The molecule has 2 aromatic rings. The number of hydrogen-bond acceptors (Lipinski definition) is 4. The molecule has 0 aliphatic rings. The van der Waals surface area contributed by atoms with Crippen molar-refractivity contribution in [1.82, 2.24) is 5.32 Å². The molecule has 21 heavy (non-hydrogen) atoms. The molecule has 0 unspecified atom stereocenters. The lowest BCUT2D eigenvalue weighted by molar-refractivity contribution is -0.384. The second-order valence-corrected chi connectivity index (χ2v) is 4.51. The van der Waals surface area contributed by atoms with Gasteiger partial charge in [0, 0.05) is 30.8 Å². The molecule has 2 rings (SSSR count). The number of carbonyl (C=O) groups excluding carboxylic acids is 1. The average Bonchev–Trinajstić information content (AvgIpc) is 2.53. The van der Waals surface area contributed by atoms with Gasteiger partial charge in [-0.3, -0.25) is 14.9 Å². The largest absolute Gasteiger partial charge is 0.348 e. The standard InChI is InChI=1S/C15H15N3O3/c16-9-11-1-3-12(4-2-11)10-17-15(19)13-5-7-14(8-6-13)18(20)21/h1-8H,9-10,16H2,(H,17,19). The number of nitrogens with one attached hydrogen (secondary N) is 1. The predicted molar refractivity (Wildman–Crippen MR) is 78.6 cm³/mol. The normalized spacial score (nSPS) is 10.1. The number of nitro benzene ring substituents is 1. The van der Waals surface area contributed by atoms with Crippen LogP contribution in [0.1, 0.15) is 21.5 Å². The highest BCUT2D eigenvalue weighted by Gasteiger charge is 2.09. The molecule has 3 N–H and O–H groups in total. The van der Waals surface area contributed by atoms with E-state index in [2.05, 4.69) is 5.32 Å². The maximum absolute atomic E-state index is 11.9.